The first-order valence-electron chi connectivity index (χ1n) is 7.83. The molecule has 2 aliphatic rings. The van der Waals surface area contributed by atoms with Crippen molar-refractivity contribution in [3.63, 3.8) is 0 Å². The summed E-state index contributed by atoms with van der Waals surface area (Å²) in [6.07, 6.45) is 0.482. The first-order chi connectivity index (χ1) is 10.9. The Hall–Kier alpha value is -1.71. The number of carbonyl (C=O) groups is 3. The Labute approximate surface area is 135 Å². The molecule has 23 heavy (non-hydrogen) atoms. The van der Waals surface area contributed by atoms with Crippen LogP contribution in [0, 0.1) is 0 Å². The van der Waals surface area contributed by atoms with Crippen LogP contribution in [0.3, 0.4) is 0 Å². The first kappa shape index (κ1) is 17.6. The predicted octanol–water partition coefficient (Wildman–Crippen LogP) is -1.34. The molecule has 2 rings (SSSR count). The number of amides is 4. The van der Waals surface area contributed by atoms with Crippen molar-refractivity contribution in [1.29, 1.82) is 0 Å². The zero-order valence-corrected chi connectivity index (χ0v) is 13.8. The van der Waals surface area contributed by atoms with E-state index in [4.69, 9.17) is 4.74 Å². The summed E-state index contributed by atoms with van der Waals surface area (Å²) in [6, 6.07) is -0.607. The standard InChI is InChI=1S/C14H25N5O4/c1-4-14(2)12(21)19(13(22)16-14)17-11(20)8-15-7-10-9-18(3)5-6-23-10/h10,15H,4-9H2,1-3H3,(H,16,22)(H,17,20). The minimum Gasteiger partial charge on any atom is -0.374 e. The maximum atomic E-state index is 12.1. The van der Waals surface area contributed by atoms with Crippen molar-refractivity contribution < 1.29 is 19.1 Å². The summed E-state index contributed by atoms with van der Waals surface area (Å²) in [4.78, 5) is 38.0. The van der Waals surface area contributed by atoms with Gasteiger partial charge in [0.2, 0.25) is 0 Å². The monoisotopic (exact) mass is 327 g/mol. The number of likely N-dealkylation sites (N-methyl/N-ethyl adjacent to an activating group) is 1. The Kier molecular flexibility index (Phi) is 5.55. The Balaban J connectivity index is 1.74. The number of carbonyl (C=O) groups excluding carboxylic acids is 3. The summed E-state index contributed by atoms with van der Waals surface area (Å²) in [5.41, 5.74) is 1.37. The molecule has 2 heterocycles. The van der Waals surface area contributed by atoms with Gasteiger partial charge in [-0.2, -0.15) is 5.01 Å². The quantitative estimate of drug-likeness (QED) is 0.522. The molecule has 0 aromatic heterocycles. The number of hydrogen-bond acceptors (Lipinski definition) is 6. The van der Waals surface area contributed by atoms with E-state index in [0.29, 0.717) is 19.6 Å². The predicted molar refractivity (Wildman–Crippen MR) is 82.3 cm³/mol. The van der Waals surface area contributed by atoms with Crippen LogP contribution in [0.15, 0.2) is 0 Å². The summed E-state index contributed by atoms with van der Waals surface area (Å²) < 4.78 is 5.58. The van der Waals surface area contributed by atoms with Crippen LogP contribution in [-0.2, 0) is 14.3 Å². The van der Waals surface area contributed by atoms with E-state index in [1.165, 1.54) is 0 Å². The Morgan fingerprint density at radius 1 is 1.48 bits per heavy atom. The summed E-state index contributed by atoms with van der Waals surface area (Å²) >= 11 is 0. The Morgan fingerprint density at radius 2 is 2.22 bits per heavy atom. The van der Waals surface area contributed by atoms with E-state index in [0.717, 1.165) is 18.1 Å². The minimum absolute atomic E-state index is 0.00345. The Bertz CT molecular complexity index is 486. The van der Waals surface area contributed by atoms with Gasteiger partial charge in [-0.1, -0.05) is 6.92 Å². The molecule has 0 spiro atoms. The second-order valence-electron chi connectivity index (χ2n) is 6.18. The fourth-order valence-corrected chi connectivity index (χ4v) is 2.53. The van der Waals surface area contributed by atoms with Gasteiger partial charge in [-0.05, 0) is 20.4 Å². The third kappa shape index (κ3) is 4.18. The highest BCUT2D eigenvalue weighted by Gasteiger charge is 2.47. The lowest BCUT2D eigenvalue weighted by Gasteiger charge is -2.30. The van der Waals surface area contributed by atoms with Gasteiger partial charge in [0, 0.05) is 19.6 Å². The van der Waals surface area contributed by atoms with Gasteiger partial charge < -0.3 is 20.3 Å². The number of hydrazine groups is 1. The smallest absolute Gasteiger partial charge is 0.344 e. The highest BCUT2D eigenvalue weighted by atomic mass is 16.5. The number of nitrogens with one attached hydrogen (secondary N) is 3. The number of imide groups is 1. The third-order valence-electron chi connectivity index (χ3n) is 4.20. The fourth-order valence-electron chi connectivity index (χ4n) is 2.53. The second kappa shape index (κ2) is 7.24. The maximum absolute atomic E-state index is 12.1. The molecule has 2 saturated heterocycles. The van der Waals surface area contributed by atoms with E-state index in [2.05, 4.69) is 21.0 Å². The Morgan fingerprint density at radius 3 is 2.83 bits per heavy atom. The van der Waals surface area contributed by atoms with Crippen LogP contribution >= 0.6 is 0 Å². The van der Waals surface area contributed by atoms with Gasteiger partial charge in [0.15, 0.2) is 0 Å². The molecule has 0 saturated carbocycles. The van der Waals surface area contributed by atoms with E-state index < -0.39 is 23.4 Å². The molecule has 130 valence electrons. The van der Waals surface area contributed by atoms with Gasteiger partial charge in [-0.3, -0.25) is 15.0 Å². The molecule has 2 aliphatic heterocycles. The lowest BCUT2D eigenvalue weighted by Crippen LogP contribution is -2.51. The van der Waals surface area contributed by atoms with Crippen LogP contribution in [0.2, 0.25) is 0 Å². The first-order valence-corrected chi connectivity index (χ1v) is 7.83. The lowest BCUT2D eigenvalue weighted by molar-refractivity contribution is -0.138. The van der Waals surface area contributed by atoms with Crippen molar-refractivity contribution in [1.82, 2.24) is 26.0 Å². The van der Waals surface area contributed by atoms with Gasteiger partial charge in [0.1, 0.15) is 5.54 Å². The van der Waals surface area contributed by atoms with E-state index >= 15 is 0 Å². The summed E-state index contributed by atoms with van der Waals surface area (Å²) in [6.45, 7) is 6.35. The van der Waals surface area contributed by atoms with Gasteiger partial charge in [-0.25, -0.2) is 4.79 Å². The summed E-state index contributed by atoms with van der Waals surface area (Å²) in [7, 11) is 2.02. The van der Waals surface area contributed by atoms with Crippen LogP contribution in [-0.4, -0.2) is 79.2 Å². The SMILES string of the molecule is CCC1(C)NC(=O)N(NC(=O)CNCC2CN(C)CCO2)C1=O. The molecular weight excluding hydrogens is 302 g/mol. The van der Waals surface area contributed by atoms with Crippen molar-refractivity contribution in [2.24, 2.45) is 0 Å². The highest BCUT2D eigenvalue weighted by Crippen LogP contribution is 2.18. The lowest BCUT2D eigenvalue weighted by atomic mass is 10.00. The second-order valence-corrected chi connectivity index (χ2v) is 6.18. The topological polar surface area (TPSA) is 103 Å². The summed E-state index contributed by atoms with van der Waals surface area (Å²) in [5, 5.41) is 6.30. The molecule has 4 amide bonds. The molecule has 2 unspecified atom stereocenters. The third-order valence-corrected chi connectivity index (χ3v) is 4.20. The highest BCUT2D eigenvalue weighted by molar-refractivity contribution is 6.07. The number of urea groups is 1. The molecule has 2 fully saturated rings. The molecule has 0 aromatic rings. The van der Waals surface area contributed by atoms with E-state index in [-0.39, 0.29) is 12.6 Å². The van der Waals surface area contributed by atoms with Crippen LogP contribution < -0.4 is 16.1 Å². The van der Waals surface area contributed by atoms with Gasteiger partial charge in [0.25, 0.3) is 11.8 Å². The van der Waals surface area contributed by atoms with Crippen LogP contribution in [0.1, 0.15) is 20.3 Å². The zero-order chi connectivity index (χ0) is 17.0. The molecule has 3 N–H and O–H groups in total. The largest absolute Gasteiger partial charge is 0.374 e. The van der Waals surface area contributed by atoms with Gasteiger partial charge >= 0.3 is 6.03 Å². The normalized spacial score (nSPS) is 28.8. The van der Waals surface area contributed by atoms with Crippen LogP contribution in [0.5, 0.6) is 0 Å². The number of ether oxygens (including phenoxy) is 1. The average molecular weight is 327 g/mol. The van der Waals surface area contributed by atoms with E-state index in [1.807, 2.05) is 7.05 Å². The van der Waals surface area contributed by atoms with E-state index in [1.54, 1.807) is 13.8 Å². The fraction of sp³-hybridized carbons (Fsp3) is 0.786. The number of nitrogens with zero attached hydrogens (tertiary/aromatic N) is 2. The molecule has 2 atom stereocenters. The van der Waals surface area contributed by atoms with Crippen molar-refractivity contribution in [3.8, 4) is 0 Å². The minimum atomic E-state index is -0.960. The van der Waals surface area contributed by atoms with E-state index in [9.17, 15) is 14.4 Å². The number of morpholine rings is 1. The van der Waals surface area contributed by atoms with Crippen molar-refractivity contribution >= 4 is 17.8 Å². The molecule has 0 aromatic carbocycles. The van der Waals surface area contributed by atoms with Gasteiger partial charge in [0.05, 0.1) is 19.3 Å². The van der Waals surface area contributed by atoms with Crippen LogP contribution in [0.25, 0.3) is 0 Å². The number of rotatable bonds is 6. The molecular formula is C14H25N5O4. The van der Waals surface area contributed by atoms with Crippen molar-refractivity contribution in [2.75, 3.05) is 39.8 Å². The average Bonchev–Trinajstić information content (AvgIpc) is 2.71. The van der Waals surface area contributed by atoms with Crippen molar-refractivity contribution in [3.05, 3.63) is 0 Å². The number of hydrogen-bond donors (Lipinski definition) is 3. The molecule has 0 bridgehead atoms. The zero-order valence-electron chi connectivity index (χ0n) is 13.8. The van der Waals surface area contributed by atoms with Crippen LogP contribution in [0.4, 0.5) is 4.79 Å². The molecule has 9 nitrogen and oxygen atoms in total. The van der Waals surface area contributed by atoms with Crippen molar-refractivity contribution in [2.45, 2.75) is 31.9 Å². The van der Waals surface area contributed by atoms with Gasteiger partial charge in [-0.15, -0.1) is 0 Å². The molecule has 0 radical (unpaired) electrons. The maximum Gasteiger partial charge on any atom is 0.344 e. The summed E-state index contributed by atoms with van der Waals surface area (Å²) in [5.74, 6) is -0.895. The molecule has 0 aliphatic carbocycles. The molecule has 9 heteroatoms.